The van der Waals surface area contributed by atoms with Crippen LogP contribution in [0.2, 0.25) is 0 Å². The van der Waals surface area contributed by atoms with Crippen molar-refractivity contribution in [1.29, 1.82) is 0 Å². The number of likely N-dealkylation sites (tertiary alicyclic amines) is 1. The Morgan fingerprint density at radius 1 is 1.29 bits per heavy atom. The number of hydrogen-bond acceptors (Lipinski definition) is 3. The fourth-order valence-electron chi connectivity index (χ4n) is 3.08. The van der Waals surface area contributed by atoms with Crippen molar-refractivity contribution in [2.45, 2.75) is 31.7 Å². The topological polar surface area (TPSA) is 32.8 Å². The molecule has 0 aliphatic carbocycles. The number of nitrogens with zero attached hydrogens (tertiary/aromatic N) is 2. The molecular weight excluding hydrogens is 216 g/mol. The number of hydrogen-bond donors (Lipinski definition) is 0. The molecule has 2 bridgehead atoms. The van der Waals surface area contributed by atoms with E-state index >= 15 is 0 Å². The molecule has 1 amide bonds. The molecule has 0 aromatic heterocycles. The molecule has 0 unspecified atom stereocenters. The molecule has 0 aromatic rings. The van der Waals surface area contributed by atoms with Crippen LogP contribution in [-0.2, 0) is 9.53 Å². The Hall–Kier alpha value is -0.610. The van der Waals surface area contributed by atoms with Crippen molar-refractivity contribution in [1.82, 2.24) is 9.80 Å². The Kier molecular flexibility index (Phi) is 4.40. The maximum Gasteiger partial charge on any atom is 0.224 e. The van der Waals surface area contributed by atoms with E-state index in [1.54, 1.807) is 7.11 Å². The van der Waals surface area contributed by atoms with Crippen molar-refractivity contribution in [3.8, 4) is 0 Å². The Morgan fingerprint density at radius 3 is 2.88 bits per heavy atom. The Morgan fingerprint density at radius 2 is 2.12 bits per heavy atom. The molecule has 2 heterocycles. The third kappa shape index (κ3) is 3.19. The van der Waals surface area contributed by atoms with Crippen molar-refractivity contribution in [2.24, 2.45) is 5.92 Å². The quantitative estimate of drug-likeness (QED) is 0.737. The summed E-state index contributed by atoms with van der Waals surface area (Å²) >= 11 is 0. The van der Waals surface area contributed by atoms with Gasteiger partial charge in [-0.25, -0.2) is 0 Å². The highest BCUT2D eigenvalue weighted by Crippen LogP contribution is 2.25. The van der Waals surface area contributed by atoms with E-state index in [4.69, 9.17) is 4.74 Å². The number of rotatable bonds is 3. The molecule has 2 aliphatic rings. The van der Waals surface area contributed by atoms with E-state index in [-0.39, 0.29) is 5.91 Å². The third-order valence-electron chi connectivity index (χ3n) is 4.10. The second-order valence-corrected chi connectivity index (χ2v) is 5.43. The second-order valence-electron chi connectivity index (χ2n) is 5.43. The van der Waals surface area contributed by atoms with Crippen molar-refractivity contribution in [2.75, 3.05) is 40.4 Å². The van der Waals surface area contributed by atoms with Crippen molar-refractivity contribution < 1.29 is 9.53 Å². The van der Waals surface area contributed by atoms with Gasteiger partial charge in [0, 0.05) is 32.8 Å². The number of amides is 1. The standard InChI is InChI=1S/C13H24N2O2/c1-14-8-11-4-3-5-12(14)10-15(9-11)13(16)6-7-17-2/h11-12H,3-10H2,1-2H3/t11-,12-/m0/s1. The largest absolute Gasteiger partial charge is 0.384 e. The lowest BCUT2D eigenvalue weighted by molar-refractivity contribution is -0.133. The molecule has 2 atom stereocenters. The van der Waals surface area contributed by atoms with E-state index in [9.17, 15) is 4.79 Å². The molecule has 0 radical (unpaired) electrons. The second kappa shape index (κ2) is 5.83. The van der Waals surface area contributed by atoms with Gasteiger partial charge in [0.15, 0.2) is 0 Å². The fraction of sp³-hybridized carbons (Fsp3) is 0.923. The van der Waals surface area contributed by atoms with Crippen LogP contribution in [0.3, 0.4) is 0 Å². The molecule has 4 nitrogen and oxygen atoms in total. The molecular formula is C13H24N2O2. The lowest BCUT2D eigenvalue weighted by Crippen LogP contribution is -2.42. The van der Waals surface area contributed by atoms with Gasteiger partial charge in [0.1, 0.15) is 0 Å². The van der Waals surface area contributed by atoms with Gasteiger partial charge in [0.25, 0.3) is 0 Å². The van der Waals surface area contributed by atoms with Crippen LogP contribution < -0.4 is 0 Å². The van der Waals surface area contributed by atoms with Gasteiger partial charge in [-0.2, -0.15) is 0 Å². The molecule has 17 heavy (non-hydrogen) atoms. The molecule has 2 saturated heterocycles. The van der Waals surface area contributed by atoms with E-state index < -0.39 is 0 Å². The molecule has 98 valence electrons. The first-order valence-corrected chi connectivity index (χ1v) is 6.67. The zero-order valence-electron chi connectivity index (χ0n) is 11.0. The summed E-state index contributed by atoms with van der Waals surface area (Å²) in [7, 11) is 3.85. The number of carbonyl (C=O) groups excluding carboxylic acids is 1. The van der Waals surface area contributed by atoms with E-state index in [1.807, 2.05) is 0 Å². The average Bonchev–Trinajstić information content (AvgIpc) is 2.54. The van der Waals surface area contributed by atoms with E-state index in [2.05, 4.69) is 16.8 Å². The summed E-state index contributed by atoms with van der Waals surface area (Å²) in [5.74, 6) is 0.929. The molecule has 0 N–H and O–H groups in total. The zero-order chi connectivity index (χ0) is 12.3. The molecule has 4 heteroatoms. The normalized spacial score (nSPS) is 30.1. The minimum absolute atomic E-state index is 0.263. The van der Waals surface area contributed by atoms with E-state index in [0.29, 0.717) is 25.0 Å². The SMILES string of the molecule is COCCC(=O)N1C[C@H]2CCC[C@@H](C1)N(C)C2. The van der Waals surface area contributed by atoms with Crippen LogP contribution >= 0.6 is 0 Å². The van der Waals surface area contributed by atoms with Crippen molar-refractivity contribution >= 4 is 5.91 Å². The molecule has 0 saturated carbocycles. The van der Waals surface area contributed by atoms with Crippen LogP contribution in [-0.4, -0.2) is 62.1 Å². The highest BCUT2D eigenvalue weighted by Gasteiger charge is 2.32. The Labute approximate surface area is 104 Å². The highest BCUT2D eigenvalue weighted by molar-refractivity contribution is 5.76. The molecule has 2 aliphatic heterocycles. The predicted octanol–water partition coefficient (Wildman–Crippen LogP) is 0.966. The van der Waals surface area contributed by atoms with Gasteiger partial charge in [0.2, 0.25) is 5.91 Å². The third-order valence-corrected chi connectivity index (χ3v) is 4.10. The summed E-state index contributed by atoms with van der Waals surface area (Å²) in [6.07, 6.45) is 4.36. The fourth-order valence-corrected chi connectivity index (χ4v) is 3.08. The first-order valence-electron chi connectivity index (χ1n) is 6.67. The smallest absolute Gasteiger partial charge is 0.224 e. The van der Waals surface area contributed by atoms with Gasteiger partial charge in [-0.1, -0.05) is 6.42 Å². The summed E-state index contributed by atoms with van der Waals surface area (Å²) < 4.78 is 4.99. The predicted molar refractivity (Wildman–Crippen MR) is 66.8 cm³/mol. The van der Waals surface area contributed by atoms with Crippen LogP contribution in [0, 0.1) is 5.92 Å². The van der Waals surface area contributed by atoms with Gasteiger partial charge < -0.3 is 14.5 Å². The highest BCUT2D eigenvalue weighted by atomic mass is 16.5. The van der Waals surface area contributed by atoms with Gasteiger partial charge in [-0.05, 0) is 25.8 Å². The van der Waals surface area contributed by atoms with Gasteiger partial charge in [0.05, 0.1) is 13.0 Å². The van der Waals surface area contributed by atoms with Crippen molar-refractivity contribution in [3.63, 3.8) is 0 Å². The monoisotopic (exact) mass is 240 g/mol. The van der Waals surface area contributed by atoms with Crippen LogP contribution in [0.4, 0.5) is 0 Å². The average molecular weight is 240 g/mol. The lowest BCUT2D eigenvalue weighted by Gasteiger charge is -2.29. The van der Waals surface area contributed by atoms with Gasteiger partial charge in [-0.3, -0.25) is 4.79 Å². The van der Waals surface area contributed by atoms with Gasteiger partial charge >= 0.3 is 0 Å². The van der Waals surface area contributed by atoms with E-state index in [0.717, 1.165) is 19.6 Å². The number of likely N-dealkylation sites (N-methyl/N-ethyl adjacent to an activating group) is 1. The summed E-state index contributed by atoms with van der Waals surface area (Å²) in [5, 5.41) is 0. The van der Waals surface area contributed by atoms with Crippen LogP contribution in [0.25, 0.3) is 0 Å². The first kappa shape index (κ1) is 12.8. The first-order chi connectivity index (χ1) is 8.20. The van der Waals surface area contributed by atoms with Gasteiger partial charge in [-0.15, -0.1) is 0 Å². The summed E-state index contributed by atoms with van der Waals surface area (Å²) in [6, 6.07) is 0.564. The number of fused-ring (bicyclic) bond motifs is 3. The summed E-state index contributed by atoms with van der Waals surface area (Å²) in [4.78, 5) is 16.6. The number of carbonyl (C=O) groups is 1. The van der Waals surface area contributed by atoms with Crippen LogP contribution in [0.15, 0.2) is 0 Å². The summed E-state index contributed by atoms with van der Waals surface area (Å²) in [6.45, 7) is 3.55. The molecule has 0 spiro atoms. The maximum absolute atomic E-state index is 12.1. The van der Waals surface area contributed by atoms with Crippen LogP contribution in [0.5, 0.6) is 0 Å². The Balaban J connectivity index is 1.98. The minimum atomic E-state index is 0.263. The van der Waals surface area contributed by atoms with Crippen molar-refractivity contribution in [3.05, 3.63) is 0 Å². The number of ether oxygens (including phenoxy) is 1. The molecule has 0 aromatic carbocycles. The number of methoxy groups -OCH3 is 1. The zero-order valence-corrected chi connectivity index (χ0v) is 11.0. The molecule has 2 fully saturated rings. The maximum atomic E-state index is 12.1. The van der Waals surface area contributed by atoms with Crippen LogP contribution in [0.1, 0.15) is 25.7 Å². The summed E-state index contributed by atoms with van der Waals surface area (Å²) in [5.41, 5.74) is 0. The molecule has 2 rings (SSSR count). The minimum Gasteiger partial charge on any atom is -0.384 e. The lowest BCUT2D eigenvalue weighted by atomic mass is 9.99. The Bertz CT molecular complexity index is 270. The van der Waals surface area contributed by atoms with E-state index in [1.165, 1.54) is 19.3 Å².